The lowest BCUT2D eigenvalue weighted by atomic mass is 10.0. The standard InChI is InChI=1S/C20H26N4O3.ClH/c1-4-23-16-11-8-14(12-17(16)27-5-2)18(20(25)26-3)24-15-9-6-13(7-10-15)19(21)22;/h6-12,18,23-24H,4-5H2,1-3H3,(H3,21,22);1H. The molecule has 0 aliphatic rings. The average Bonchev–Trinajstić information content (AvgIpc) is 2.67. The summed E-state index contributed by atoms with van der Waals surface area (Å²) in [4.78, 5) is 12.4. The zero-order valence-electron chi connectivity index (χ0n) is 16.2. The number of nitrogens with one attached hydrogen (secondary N) is 3. The highest BCUT2D eigenvalue weighted by molar-refractivity contribution is 5.95. The van der Waals surface area contributed by atoms with E-state index in [4.69, 9.17) is 20.6 Å². The molecule has 28 heavy (non-hydrogen) atoms. The second-order valence-electron chi connectivity index (χ2n) is 5.81. The normalized spacial score (nSPS) is 11.0. The van der Waals surface area contributed by atoms with Crippen LogP contribution in [-0.4, -0.2) is 32.1 Å². The number of nitrogens with two attached hydrogens (primary N) is 1. The summed E-state index contributed by atoms with van der Waals surface area (Å²) in [5, 5.41) is 13.9. The second kappa shape index (κ2) is 11.0. The van der Waals surface area contributed by atoms with Crippen molar-refractivity contribution >= 4 is 35.6 Å². The Balaban J connectivity index is 0.00000392. The number of nitrogen functional groups attached to an aromatic ring is 1. The van der Waals surface area contributed by atoms with Gasteiger partial charge in [-0.1, -0.05) is 6.07 Å². The third kappa shape index (κ3) is 5.79. The number of methoxy groups -OCH3 is 1. The van der Waals surface area contributed by atoms with Crippen LogP contribution in [0.2, 0.25) is 0 Å². The third-order valence-electron chi connectivity index (χ3n) is 3.95. The van der Waals surface area contributed by atoms with Crippen LogP contribution in [0.4, 0.5) is 11.4 Å². The van der Waals surface area contributed by atoms with Gasteiger partial charge in [0, 0.05) is 17.8 Å². The molecule has 1 atom stereocenters. The number of benzene rings is 2. The van der Waals surface area contributed by atoms with Gasteiger partial charge in [-0.05, 0) is 55.8 Å². The molecule has 0 aliphatic heterocycles. The molecule has 0 saturated heterocycles. The predicted octanol–water partition coefficient (Wildman–Crippen LogP) is 3.55. The van der Waals surface area contributed by atoms with Crippen LogP contribution in [-0.2, 0) is 9.53 Å². The minimum atomic E-state index is -0.701. The van der Waals surface area contributed by atoms with Crippen molar-refractivity contribution in [3.8, 4) is 5.75 Å². The van der Waals surface area contributed by atoms with Gasteiger partial charge in [0.25, 0.3) is 0 Å². The van der Waals surface area contributed by atoms with Crippen LogP contribution in [0.25, 0.3) is 0 Å². The molecular formula is C20H27ClN4O3. The van der Waals surface area contributed by atoms with Crippen LogP contribution in [0, 0.1) is 5.41 Å². The van der Waals surface area contributed by atoms with Gasteiger partial charge in [-0.15, -0.1) is 12.4 Å². The van der Waals surface area contributed by atoms with Crippen LogP contribution in [0.15, 0.2) is 42.5 Å². The molecule has 2 aromatic carbocycles. The van der Waals surface area contributed by atoms with Crippen molar-refractivity contribution in [3.05, 3.63) is 53.6 Å². The van der Waals surface area contributed by atoms with Crippen molar-refractivity contribution in [1.82, 2.24) is 0 Å². The topological polar surface area (TPSA) is 109 Å². The number of esters is 1. The molecule has 0 radical (unpaired) electrons. The van der Waals surface area contributed by atoms with E-state index < -0.39 is 12.0 Å². The molecule has 2 aromatic rings. The van der Waals surface area contributed by atoms with Crippen molar-refractivity contribution < 1.29 is 14.3 Å². The summed E-state index contributed by atoms with van der Waals surface area (Å²) in [6.45, 7) is 5.20. The minimum absolute atomic E-state index is 0. The molecule has 0 amide bonds. The van der Waals surface area contributed by atoms with E-state index in [0.29, 0.717) is 23.6 Å². The molecule has 0 aliphatic carbocycles. The Morgan fingerprint density at radius 3 is 2.39 bits per heavy atom. The van der Waals surface area contributed by atoms with E-state index in [9.17, 15) is 4.79 Å². The summed E-state index contributed by atoms with van der Waals surface area (Å²) in [6.07, 6.45) is 0. The number of amidine groups is 1. The zero-order valence-corrected chi connectivity index (χ0v) is 17.1. The van der Waals surface area contributed by atoms with Gasteiger partial charge in [-0.2, -0.15) is 0 Å². The Morgan fingerprint density at radius 2 is 1.86 bits per heavy atom. The van der Waals surface area contributed by atoms with Crippen molar-refractivity contribution in [1.29, 1.82) is 5.41 Å². The molecule has 152 valence electrons. The van der Waals surface area contributed by atoms with Crippen molar-refractivity contribution in [2.75, 3.05) is 30.9 Å². The van der Waals surface area contributed by atoms with Crippen LogP contribution in [0.3, 0.4) is 0 Å². The van der Waals surface area contributed by atoms with E-state index in [1.807, 2.05) is 32.0 Å². The lowest BCUT2D eigenvalue weighted by Gasteiger charge is -2.20. The molecule has 7 nitrogen and oxygen atoms in total. The summed E-state index contributed by atoms with van der Waals surface area (Å²) < 4.78 is 10.7. The Bertz CT molecular complexity index is 797. The van der Waals surface area contributed by atoms with E-state index in [2.05, 4.69) is 10.6 Å². The molecule has 0 heterocycles. The first-order valence-electron chi connectivity index (χ1n) is 8.79. The van der Waals surface area contributed by atoms with Gasteiger partial charge in [0.1, 0.15) is 11.6 Å². The van der Waals surface area contributed by atoms with Gasteiger partial charge >= 0.3 is 5.97 Å². The number of rotatable bonds is 9. The first-order chi connectivity index (χ1) is 13.0. The number of halogens is 1. The van der Waals surface area contributed by atoms with Crippen LogP contribution in [0.5, 0.6) is 5.75 Å². The van der Waals surface area contributed by atoms with E-state index in [0.717, 1.165) is 17.8 Å². The first kappa shape index (κ1) is 23.1. The molecule has 5 N–H and O–H groups in total. The summed E-state index contributed by atoms with van der Waals surface area (Å²) >= 11 is 0. The number of carbonyl (C=O) groups is 1. The molecule has 0 fully saturated rings. The lowest BCUT2D eigenvalue weighted by Crippen LogP contribution is -2.22. The quantitative estimate of drug-likeness (QED) is 0.288. The molecule has 0 saturated carbocycles. The van der Waals surface area contributed by atoms with E-state index in [1.54, 1.807) is 24.3 Å². The Morgan fingerprint density at radius 1 is 1.18 bits per heavy atom. The number of ether oxygens (including phenoxy) is 2. The molecule has 0 aromatic heterocycles. The smallest absolute Gasteiger partial charge is 0.332 e. The van der Waals surface area contributed by atoms with Crippen LogP contribution < -0.4 is 21.1 Å². The van der Waals surface area contributed by atoms with E-state index in [-0.39, 0.29) is 18.2 Å². The monoisotopic (exact) mass is 406 g/mol. The van der Waals surface area contributed by atoms with Crippen LogP contribution in [0.1, 0.15) is 31.0 Å². The molecule has 0 spiro atoms. The minimum Gasteiger partial charge on any atom is -0.492 e. The van der Waals surface area contributed by atoms with Gasteiger partial charge < -0.3 is 25.8 Å². The number of hydrogen-bond donors (Lipinski definition) is 4. The Hall–Kier alpha value is -2.93. The fourth-order valence-electron chi connectivity index (χ4n) is 2.64. The predicted molar refractivity (Wildman–Crippen MR) is 115 cm³/mol. The summed E-state index contributed by atoms with van der Waals surface area (Å²) in [6, 6.07) is 11.9. The number of anilines is 2. The van der Waals surface area contributed by atoms with Crippen molar-refractivity contribution in [2.45, 2.75) is 19.9 Å². The van der Waals surface area contributed by atoms with Gasteiger partial charge in [0.15, 0.2) is 6.04 Å². The Labute approximate surface area is 171 Å². The third-order valence-corrected chi connectivity index (χ3v) is 3.95. The second-order valence-corrected chi connectivity index (χ2v) is 5.81. The molecule has 1 unspecified atom stereocenters. The maximum absolute atomic E-state index is 12.4. The maximum atomic E-state index is 12.4. The van der Waals surface area contributed by atoms with E-state index >= 15 is 0 Å². The average molecular weight is 407 g/mol. The van der Waals surface area contributed by atoms with Crippen molar-refractivity contribution in [2.24, 2.45) is 5.73 Å². The Kier molecular flexibility index (Phi) is 9.11. The number of hydrogen-bond acceptors (Lipinski definition) is 6. The van der Waals surface area contributed by atoms with Gasteiger partial charge in [0.05, 0.1) is 19.4 Å². The van der Waals surface area contributed by atoms with Gasteiger partial charge in [-0.25, -0.2) is 4.79 Å². The summed E-state index contributed by atoms with van der Waals surface area (Å²) in [5.74, 6) is 0.259. The summed E-state index contributed by atoms with van der Waals surface area (Å²) in [7, 11) is 1.35. The number of carbonyl (C=O) groups excluding carboxylic acids is 1. The molecule has 2 rings (SSSR count). The van der Waals surface area contributed by atoms with E-state index in [1.165, 1.54) is 7.11 Å². The zero-order chi connectivity index (χ0) is 19.8. The lowest BCUT2D eigenvalue weighted by molar-refractivity contribution is -0.141. The summed E-state index contributed by atoms with van der Waals surface area (Å²) in [5.41, 5.74) is 8.40. The highest BCUT2D eigenvalue weighted by Gasteiger charge is 2.23. The first-order valence-corrected chi connectivity index (χ1v) is 8.79. The highest BCUT2D eigenvalue weighted by atomic mass is 35.5. The highest BCUT2D eigenvalue weighted by Crippen LogP contribution is 2.30. The molecular weight excluding hydrogens is 380 g/mol. The maximum Gasteiger partial charge on any atom is 0.332 e. The van der Waals surface area contributed by atoms with Crippen molar-refractivity contribution in [3.63, 3.8) is 0 Å². The van der Waals surface area contributed by atoms with Gasteiger partial charge in [-0.3, -0.25) is 5.41 Å². The fourth-order valence-corrected chi connectivity index (χ4v) is 2.64. The van der Waals surface area contributed by atoms with Gasteiger partial charge in [0.2, 0.25) is 0 Å². The molecule has 0 bridgehead atoms. The largest absolute Gasteiger partial charge is 0.492 e. The molecule has 8 heteroatoms. The van der Waals surface area contributed by atoms with Crippen LogP contribution >= 0.6 is 12.4 Å². The SMILES string of the molecule is CCNc1ccc(C(Nc2ccc(C(=N)N)cc2)C(=O)OC)cc1OCC.Cl. The fraction of sp³-hybridized carbons (Fsp3) is 0.300.